The molecule has 1 aliphatic heterocycles. The van der Waals surface area contributed by atoms with Crippen molar-refractivity contribution >= 4 is 22.7 Å². The van der Waals surface area contributed by atoms with Crippen molar-refractivity contribution in [1.29, 1.82) is 0 Å². The Morgan fingerprint density at radius 3 is 2.76 bits per heavy atom. The van der Waals surface area contributed by atoms with Crippen molar-refractivity contribution in [2.45, 2.75) is 25.4 Å². The molecular formula is C17H16O4. The van der Waals surface area contributed by atoms with Gasteiger partial charge in [-0.1, -0.05) is 36.4 Å². The van der Waals surface area contributed by atoms with Crippen LogP contribution in [0.25, 0.3) is 10.8 Å². The molecule has 1 heterocycles. The smallest absolute Gasteiger partial charge is 0.339 e. The summed E-state index contributed by atoms with van der Waals surface area (Å²) in [4.78, 5) is 23.9. The third-order valence-corrected chi connectivity index (χ3v) is 3.76. The van der Waals surface area contributed by atoms with E-state index < -0.39 is 11.6 Å². The highest BCUT2D eigenvalue weighted by Gasteiger charge is 2.36. The highest BCUT2D eigenvalue weighted by molar-refractivity contribution is 6.04. The van der Waals surface area contributed by atoms with Crippen LogP contribution in [0.4, 0.5) is 0 Å². The number of carbonyl (C=O) groups is 2. The normalized spacial score (nSPS) is 21.9. The topological polar surface area (TPSA) is 52.6 Å². The van der Waals surface area contributed by atoms with Gasteiger partial charge in [0.2, 0.25) is 0 Å². The van der Waals surface area contributed by atoms with Crippen molar-refractivity contribution < 1.29 is 19.1 Å². The summed E-state index contributed by atoms with van der Waals surface area (Å²) in [5.41, 5.74) is -0.267. The molecule has 0 aliphatic carbocycles. The Bertz CT molecular complexity index is 702. The Morgan fingerprint density at radius 1 is 1.19 bits per heavy atom. The van der Waals surface area contributed by atoms with Crippen molar-refractivity contribution in [3.63, 3.8) is 0 Å². The van der Waals surface area contributed by atoms with Gasteiger partial charge in [-0.3, -0.25) is 4.79 Å². The Balaban J connectivity index is 1.89. The zero-order valence-electron chi connectivity index (χ0n) is 11.8. The lowest BCUT2D eigenvalue weighted by atomic mass is 9.96. The van der Waals surface area contributed by atoms with Gasteiger partial charge in [-0.05, 0) is 23.8 Å². The third kappa shape index (κ3) is 2.75. The van der Waals surface area contributed by atoms with Gasteiger partial charge in [-0.2, -0.15) is 0 Å². The fraction of sp³-hybridized carbons (Fsp3) is 0.294. The maximum absolute atomic E-state index is 12.5. The number of esters is 2. The molecule has 1 aliphatic rings. The third-order valence-electron chi connectivity index (χ3n) is 3.76. The number of hydrogen-bond donors (Lipinski definition) is 0. The Kier molecular flexibility index (Phi) is 3.37. The lowest BCUT2D eigenvalue weighted by molar-refractivity contribution is -0.158. The molecule has 0 N–H and O–H groups in total. The summed E-state index contributed by atoms with van der Waals surface area (Å²) in [5.74, 6) is -0.724. The fourth-order valence-electron chi connectivity index (χ4n) is 2.59. The molecule has 0 spiro atoms. The molecule has 0 saturated carbocycles. The number of ether oxygens (including phenoxy) is 2. The van der Waals surface area contributed by atoms with Gasteiger partial charge in [0.1, 0.15) is 5.60 Å². The zero-order valence-corrected chi connectivity index (χ0v) is 11.8. The van der Waals surface area contributed by atoms with Gasteiger partial charge in [0.05, 0.1) is 18.6 Å². The number of cyclic esters (lactones) is 1. The van der Waals surface area contributed by atoms with Crippen LogP contribution in [0.3, 0.4) is 0 Å². The number of fused-ring (bicyclic) bond motifs is 1. The highest BCUT2D eigenvalue weighted by Crippen LogP contribution is 2.28. The van der Waals surface area contributed by atoms with Crippen LogP contribution in [0, 0.1) is 0 Å². The highest BCUT2D eigenvalue weighted by atomic mass is 16.6. The predicted molar refractivity (Wildman–Crippen MR) is 78.0 cm³/mol. The summed E-state index contributed by atoms with van der Waals surface area (Å²) in [6.07, 6.45) is 0.624. The first-order valence-corrected chi connectivity index (χ1v) is 6.94. The van der Waals surface area contributed by atoms with Gasteiger partial charge in [-0.15, -0.1) is 0 Å². The van der Waals surface area contributed by atoms with Gasteiger partial charge in [0.15, 0.2) is 0 Å². The molecule has 1 unspecified atom stereocenters. The predicted octanol–water partition coefficient (Wildman–Crippen LogP) is 3.09. The molecule has 1 saturated heterocycles. The molecule has 0 aromatic heterocycles. The second-order valence-electron chi connectivity index (χ2n) is 5.51. The van der Waals surface area contributed by atoms with Crippen molar-refractivity contribution in [3.8, 4) is 0 Å². The minimum Gasteiger partial charge on any atom is -0.465 e. The Hall–Kier alpha value is -2.36. The van der Waals surface area contributed by atoms with Gasteiger partial charge in [-0.25, -0.2) is 4.79 Å². The first kappa shape index (κ1) is 13.6. The van der Waals surface area contributed by atoms with Crippen LogP contribution in [-0.4, -0.2) is 24.1 Å². The molecular weight excluding hydrogens is 268 g/mol. The lowest BCUT2D eigenvalue weighted by Crippen LogP contribution is -2.40. The van der Waals surface area contributed by atoms with Crippen LogP contribution in [-0.2, 0) is 14.3 Å². The first-order valence-electron chi connectivity index (χ1n) is 6.94. The Labute approximate surface area is 122 Å². The van der Waals surface area contributed by atoms with Crippen LogP contribution in [0.5, 0.6) is 0 Å². The van der Waals surface area contributed by atoms with E-state index in [0.29, 0.717) is 12.0 Å². The molecule has 1 atom stereocenters. The van der Waals surface area contributed by atoms with E-state index in [4.69, 9.17) is 9.47 Å². The molecule has 1 fully saturated rings. The van der Waals surface area contributed by atoms with Crippen LogP contribution in [0.2, 0.25) is 0 Å². The van der Waals surface area contributed by atoms with Gasteiger partial charge < -0.3 is 9.47 Å². The van der Waals surface area contributed by atoms with E-state index in [1.54, 1.807) is 13.0 Å². The quantitative estimate of drug-likeness (QED) is 0.795. The van der Waals surface area contributed by atoms with E-state index in [2.05, 4.69) is 0 Å². The monoisotopic (exact) mass is 284 g/mol. The van der Waals surface area contributed by atoms with E-state index in [1.807, 2.05) is 36.4 Å². The number of rotatable bonds is 2. The molecule has 4 heteroatoms. The number of carbonyl (C=O) groups excluding carboxylic acids is 2. The molecule has 0 bridgehead atoms. The molecule has 0 radical (unpaired) electrons. The van der Waals surface area contributed by atoms with E-state index in [0.717, 1.165) is 10.8 Å². The maximum atomic E-state index is 12.5. The summed E-state index contributed by atoms with van der Waals surface area (Å²) in [5, 5.41) is 1.84. The van der Waals surface area contributed by atoms with E-state index in [1.165, 1.54) is 0 Å². The van der Waals surface area contributed by atoms with Crippen LogP contribution >= 0.6 is 0 Å². The lowest BCUT2D eigenvalue weighted by Gasteiger charge is -2.32. The number of hydrogen-bond acceptors (Lipinski definition) is 4. The van der Waals surface area contributed by atoms with E-state index in [9.17, 15) is 9.59 Å². The molecule has 2 aromatic carbocycles. The summed E-state index contributed by atoms with van der Waals surface area (Å²) in [6, 6.07) is 13.2. The summed E-state index contributed by atoms with van der Waals surface area (Å²) in [6.45, 7) is 2.06. The fourth-order valence-corrected chi connectivity index (χ4v) is 2.59. The molecule has 21 heavy (non-hydrogen) atoms. The average Bonchev–Trinajstić information content (AvgIpc) is 2.46. The molecule has 3 rings (SSSR count). The average molecular weight is 284 g/mol. The van der Waals surface area contributed by atoms with Crippen LogP contribution in [0.1, 0.15) is 30.1 Å². The molecule has 2 aromatic rings. The molecule has 0 amide bonds. The van der Waals surface area contributed by atoms with Crippen molar-refractivity contribution in [1.82, 2.24) is 0 Å². The largest absolute Gasteiger partial charge is 0.465 e. The van der Waals surface area contributed by atoms with Crippen molar-refractivity contribution in [2.75, 3.05) is 6.61 Å². The summed E-state index contributed by atoms with van der Waals surface area (Å²) < 4.78 is 10.5. The van der Waals surface area contributed by atoms with Crippen molar-refractivity contribution in [2.24, 2.45) is 0 Å². The molecule has 4 nitrogen and oxygen atoms in total. The summed E-state index contributed by atoms with van der Waals surface area (Å²) >= 11 is 0. The van der Waals surface area contributed by atoms with E-state index >= 15 is 0 Å². The van der Waals surface area contributed by atoms with Gasteiger partial charge >= 0.3 is 11.9 Å². The second-order valence-corrected chi connectivity index (χ2v) is 5.51. The van der Waals surface area contributed by atoms with Crippen molar-refractivity contribution in [3.05, 3.63) is 48.0 Å². The first-order chi connectivity index (χ1) is 10.1. The van der Waals surface area contributed by atoms with Crippen LogP contribution < -0.4 is 0 Å². The minimum absolute atomic E-state index is 0.101. The standard InChI is InChI=1S/C17H16O4/c1-17(9-10-20-15(18)11-17)21-16(19)14-8-4-6-12-5-2-3-7-13(12)14/h2-8H,9-11H2,1H3. The Morgan fingerprint density at radius 2 is 1.95 bits per heavy atom. The van der Waals surface area contributed by atoms with Gasteiger partial charge in [0.25, 0.3) is 0 Å². The zero-order chi connectivity index (χ0) is 14.9. The van der Waals surface area contributed by atoms with E-state index in [-0.39, 0.29) is 19.0 Å². The summed E-state index contributed by atoms with van der Waals surface area (Å²) in [7, 11) is 0. The molecule has 108 valence electrons. The maximum Gasteiger partial charge on any atom is 0.339 e. The number of benzene rings is 2. The second kappa shape index (κ2) is 5.20. The minimum atomic E-state index is -0.788. The SMILES string of the molecule is CC1(OC(=O)c2cccc3ccccc23)CCOC(=O)C1. The van der Waals surface area contributed by atoms with Gasteiger partial charge in [0, 0.05) is 6.42 Å². The van der Waals surface area contributed by atoms with Crippen LogP contribution in [0.15, 0.2) is 42.5 Å².